The molecular formula is C23H28N6O5. The Hall–Kier alpha value is -4.15. The van der Waals surface area contributed by atoms with E-state index in [0.717, 1.165) is 5.69 Å². The zero-order valence-corrected chi connectivity index (χ0v) is 18.9. The summed E-state index contributed by atoms with van der Waals surface area (Å²) < 4.78 is 5.01. The Morgan fingerprint density at radius 3 is 2.62 bits per heavy atom. The number of hydrogen-bond donors (Lipinski definition) is 3. The lowest BCUT2D eigenvalue weighted by molar-refractivity contribution is -0.144. The van der Waals surface area contributed by atoms with E-state index in [0.29, 0.717) is 24.3 Å². The number of pyridine rings is 1. The molecule has 3 rings (SSSR count). The van der Waals surface area contributed by atoms with Gasteiger partial charge < -0.3 is 30.8 Å². The second-order valence-electron chi connectivity index (χ2n) is 7.65. The van der Waals surface area contributed by atoms with Crippen molar-refractivity contribution >= 4 is 29.3 Å². The third kappa shape index (κ3) is 6.44. The van der Waals surface area contributed by atoms with Crippen molar-refractivity contribution in [1.29, 1.82) is 0 Å². The summed E-state index contributed by atoms with van der Waals surface area (Å²) in [5.74, 6) is -1.02. The average molecular weight is 469 g/mol. The molecule has 1 aromatic carbocycles. The van der Waals surface area contributed by atoms with Gasteiger partial charge in [-0.05, 0) is 43.3 Å². The van der Waals surface area contributed by atoms with Crippen molar-refractivity contribution in [3.8, 4) is 0 Å². The number of nitrogens with zero attached hydrogens (tertiary/aromatic N) is 4. The summed E-state index contributed by atoms with van der Waals surface area (Å²) in [6.45, 7) is 2.84. The number of oxime groups is 1. The Morgan fingerprint density at radius 2 is 2.00 bits per heavy atom. The molecule has 34 heavy (non-hydrogen) atoms. The summed E-state index contributed by atoms with van der Waals surface area (Å²) in [5, 5.41) is 14.5. The van der Waals surface area contributed by atoms with Crippen LogP contribution in [0.25, 0.3) is 0 Å². The van der Waals surface area contributed by atoms with Gasteiger partial charge in [0.15, 0.2) is 5.84 Å². The Bertz CT molecular complexity index is 1030. The fraction of sp³-hybridized carbons (Fsp3) is 0.348. The minimum Gasteiger partial charge on any atom is -0.466 e. The predicted octanol–water partition coefficient (Wildman–Crippen LogP) is 0.635. The number of carbonyl (C=O) groups excluding carboxylic acids is 3. The third-order valence-electron chi connectivity index (χ3n) is 5.35. The normalized spacial score (nSPS) is 15.1. The summed E-state index contributed by atoms with van der Waals surface area (Å²) in [7, 11) is 0. The van der Waals surface area contributed by atoms with Crippen molar-refractivity contribution in [2.24, 2.45) is 10.9 Å². The molecule has 11 nitrogen and oxygen atoms in total. The number of aromatic nitrogens is 1. The maximum atomic E-state index is 12.7. The van der Waals surface area contributed by atoms with Crippen molar-refractivity contribution in [2.75, 3.05) is 37.7 Å². The number of esters is 1. The number of ether oxygens (including phenoxy) is 1. The van der Waals surface area contributed by atoms with Crippen LogP contribution in [-0.2, 0) is 19.1 Å². The van der Waals surface area contributed by atoms with Gasteiger partial charge in [0, 0.05) is 30.5 Å². The van der Waals surface area contributed by atoms with Gasteiger partial charge in [0.05, 0.1) is 37.9 Å². The Balaban J connectivity index is 1.58. The van der Waals surface area contributed by atoms with Crippen molar-refractivity contribution in [3.05, 3.63) is 59.9 Å². The second-order valence-corrected chi connectivity index (χ2v) is 7.65. The minimum atomic E-state index is -0.655. The summed E-state index contributed by atoms with van der Waals surface area (Å²) in [5.41, 5.74) is 7.50. The highest BCUT2D eigenvalue weighted by Gasteiger charge is 2.27. The third-order valence-corrected chi connectivity index (χ3v) is 5.35. The number of hydrogen-bond acceptors (Lipinski definition) is 8. The topological polar surface area (TPSA) is 150 Å². The van der Waals surface area contributed by atoms with Gasteiger partial charge in [0.25, 0.3) is 0 Å². The molecule has 2 amide bonds. The molecule has 1 unspecified atom stereocenters. The number of carbonyl (C=O) groups is 3. The standard InChI is InChI=1S/C23H28N6O5/c1-2-34-22(32)13-19(18-5-3-4-10-25-18)26-20(30)14-29-12-11-28(15-21(29)31)17-8-6-16(7-9-17)23(24)27-33/h3-10,19,33H,2,11-15H2,1H3,(H2,24,27)(H,26,30). The first-order chi connectivity index (χ1) is 16.4. The van der Waals surface area contributed by atoms with Gasteiger partial charge in [-0.2, -0.15) is 0 Å². The quantitative estimate of drug-likeness (QED) is 0.159. The molecule has 1 fully saturated rings. The minimum absolute atomic E-state index is 0.00502. The van der Waals surface area contributed by atoms with Crippen LogP contribution in [0.5, 0.6) is 0 Å². The van der Waals surface area contributed by atoms with Gasteiger partial charge in [-0.1, -0.05) is 11.2 Å². The molecule has 0 aliphatic carbocycles. The van der Waals surface area contributed by atoms with Crippen LogP contribution in [0.15, 0.2) is 53.8 Å². The molecular weight excluding hydrogens is 440 g/mol. The van der Waals surface area contributed by atoms with E-state index >= 15 is 0 Å². The van der Waals surface area contributed by atoms with Crippen molar-refractivity contribution in [2.45, 2.75) is 19.4 Å². The monoisotopic (exact) mass is 468 g/mol. The Labute approximate surface area is 197 Å². The number of benzene rings is 1. The van der Waals surface area contributed by atoms with E-state index in [-0.39, 0.29) is 43.8 Å². The number of rotatable bonds is 9. The van der Waals surface area contributed by atoms with E-state index in [4.69, 9.17) is 15.7 Å². The summed E-state index contributed by atoms with van der Waals surface area (Å²) in [4.78, 5) is 45.0. The smallest absolute Gasteiger partial charge is 0.308 e. The molecule has 2 aromatic rings. The van der Waals surface area contributed by atoms with Gasteiger partial charge >= 0.3 is 5.97 Å². The van der Waals surface area contributed by atoms with Gasteiger partial charge in [-0.15, -0.1) is 0 Å². The van der Waals surface area contributed by atoms with Crippen molar-refractivity contribution in [1.82, 2.24) is 15.2 Å². The van der Waals surface area contributed by atoms with Crippen LogP contribution in [0.1, 0.15) is 30.6 Å². The highest BCUT2D eigenvalue weighted by Crippen LogP contribution is 2.19. The number of nitrogens with two attached hydrogens (primary N) is 1. The largest absolute Gasteiger partial charge is 0.466 e. The van der Waals surface area contributed by atoms with E-state index in [1.165, 1.54) is 4.90 Å². The first-order valence-corrected chi connectivity index (χ1v) is 10.9. The molecule has 0 spiro atoms. The molecule has 2 heterocycles. The SMILES string of the molecule is CCOC(=O)CC(NC(=O)CN1CCN(c2ccc(/C(N)=N\O)cc2)CC1=O)c1ccccn1. The van der Waals surface area contributed by atoms with Crippen LogP contribution in [0.4, 0.5) is 5.69 Å². The van der Waals surface area contributed by atoms with Crippen LogP contribution in [0, 0.1) is 0 Å². The molecule has 0 radical (unpaired) electrons. The number of amidine groups is 1. The molecule has 180 valence electrons. The Morgan fingerprint density at radius 1 is 1.24 bits per heavy atom. The Kier molecular flexibility index (Phi) is 8.38. The van der Waals surface area contributed by atoms with Crippen LogP contribution in [-0.4, -0.2) is 71.5 Å². The maximum absolute atomic E-state index is 12.7. The lowest BCUT2D eigenvalue weighted by Crippen LogP contribution is -2.53. The summed E-state index contributed by atoms with van der Waals surface area (Å²) in [6, 6.07) is 11.6. The average Bonchev–Trinajstić information content (AvgIpc) is 2.85. The van der Waals surface area contributed by atoms with Gasteiger partial charge in [0.2, 0.25) is 11.8 Å². The van der Waals surface area contributed by atoms with Crippen LogP contribution in [0.3, 0.4) is 0 Å². The number of piperazine rings is 1. The predicted molar refractivity (Wildman–Crippen MR) is 124 cm³/mol. The van der Waals surface area contributed by atoms with Crippen molar-refractivity contribution < 1.29 is 24.3 Å². The maximum Gasteiger partial charge on any atom is 0.308 e. The van der Waals surface area contributed by atoms with E-state index in [2.05, 4.69) is 15.5 Å². The van der Waals surface area contributed by atoms with Gasteiger partial charge in [0.1, 0.15) is 0 Å². The molecule has 1 aliphatic rings. The molecule has 1 atom stereocenters. The molecule has 11 heteroatoms. The van der Waals surface area contributed by atoms with Gasteiger partial charge in [-0.25, -0.2) is 0 Å². The highest BCUT2D eigenvalue weighted by molar-refractivity contribution is 5.97. The van der Waals surface area contributed by atoms with E-state index in [1.54, 1.807) is 55.6 Å². The lowest BCUT2D eigenvalue weighted by Gasteiger charge is -2.35. The fourth-order valence-electron chi connectivity index (χ4n) is 3.61. The zero-order valence-electron chi connectivity index (χ0n) is 18.9. The van der Waals surface area contributed by atoms with E-state index in [1.807, 2.05) is 4.90 Å². The lowest BCUT2D eigenvalue weighted by atomic mass is 10.1. The molecule has 1 aliphatic heterocycles. The molecule has 4 N–H and O–H groups in total. The van der Waals surface area contributed by atoms with E-state index in [9.17, 15) is 14.4 Å². The molecule has 1 saturated heterocycles. The van der Waals surface area contributed by atoms with Crippen molar-refractivity contribution in [3.63, 3.8) is 0 Å². The summed E-state index contributed by atoms with van der Waals surface area (Å²) >= 11 is 0. The molecule has 0 bridgehead atoms. The van der Waals surface area contributed by atoms with Gasteiger partial charge in [-0.3, -0.25) is 19.4 Å². The summed E-state index contributed by atoms with van der Waals surface area (Å²) in [6.07, 6.45) is 1.53. The van der Waals surface area contributed by atoms with Crippen LogP contribution >= 0.6 is 0 Å². The highest BCUT2D eigenvalue weighted by atomic mass is 16.5. The number of amides is 2. The zero-order chi connectivity index (χ0) is 24.5. The van der Waals surface area contributed by atoms with Crippen LogP contribution in [0.2, 0.25) is 0 Å². The first-order valence-electron chi connectivity index (χ1n) is 10.9. The first kappa shape index (κ1) is 24.5. The number of nitrogens with one attached hydrogen (secondary N) is 1. The fourth-order valence-corrected chi connectivity index (χ4v) is 3.61. The molecule has 1 aromatic heterocycles. The molecule has 0 saturated carbocycles. The van der Waals surface area contributed by atoms with Crippen LogP contribution < -0.4 is 16.0 Å². The van der Waals surface area contributed by atoms with E-state index < -0.39 is 12.0 Å². The number of anilines is 1. The second kappa shape index (κ2) is 11.6.